The van der Waals surface area contributed by atoms with E-state index in [1.807, 2.05) is 13.8 Å². The molecule has 0 fully saturated rings. The maximum Gasteiger partial charge on any atom is 0.261 e. The number of nitriles is 1. The van der Waals surface area contributed by atoms with E-state index in [1.165, 1.54) is 23.6 Å². The summed E-state index contributed by atoms with van der Waals surface area (Å²) in [4.78, 5) is 21.6. The minimum atomic E-state index is -0.453. The Kier molecular flexibility index (Phi) is 5.56. The molecule has 0 atom stereocenters. The van der Waals surface area contributed by atoms with Gasteiger partial charge in [0, 0.05) is 29.4 Å². The molecule has 9 heteroatoms. The first-order chi connectivity index (χ1) is 15.0. The van der Waals surface area contributed by atoms with Gasteiger partial charge in [-0.3, -0.25) is 19.8 Å². The number of thiazole rings is 1. The maximum absolute atomic E-state index is 14.4. The Morgan fingerprint density at radius 1 is 1.26 bits per heavy atom. The Balaban J connectivity index is 1.64. The number of hydrogen-bond acceptors (Lipinski definition) is 6. The quantitative estimate of drug-likeness (QED) is 0.483. The summed E-state index contributed by atoms with van der Waals surface area (Å²) in [6.45, 7) is 3.85. The fourth-order valence-corrected chi connectivity index (χ4v) is 3.63. The van der Waals surface area contributed by atoms with Crippen LogP contribution in [0.1, 0.15) is 35.8 Å². The Labute approximate surface area is 181 Å². The number of carbonyl (C=O) groups excluding carboxylic acids is 1. The van der Waals surface area contributed by atoms with E-state index in [2.05, 4.69) is 26.5 Å². The van der Waals surface area contributed by atoms with Crippen molar-refractivity contribution in [3.05, 3.63) is 71.1 Å². The average molecular weight is 432 g/mol. The molecule has 154 valence electrons. The predicted octanol–water partition coefficient (Wildman–Crippen LogP) is 4.91. The molecule has 1 aromatic carbocycles. The van der Waals surface area contributed by atoms with Gasteiger partial charge in [-0.25, -0.2) is 9.37 Å². The van der Waals surface area contributed by atoms with Gasteiger partial charge in [0.05, 0.1) is 22.9 Å². The standard InChI is InChI=1S/C22H17FN6OS/c1-13(2)29-11-16(20(28-29)15-5-3-4-6-17(15)23)21(30)27-22-26-19(12-31-22)18-9-14(10-24)7-8-25-18/h3-9,11-13H,1-2H3,(H,26,27,30). The summed E-state index contributed by atoms with van der Waals surface area (Å²) in [6, 6.07) is 11.5. The summed E-state index contributed by atoms with van der Waals surface area (Å²) in [7, 11) is 0. The second kappa shape index (κ2) is 8.45. The lowest BCUT2D eigenvalue weighted by atomic mass is 10.1. The van der Waals surface area contributed by atoms with Crippen LogP contribution >= 0.6 is 11.3 Å². The van der Waals surface area contributed by atoms with Crippen LogP contribution in [-0.2, 0) is 0 Å². The van der Waals surface area contributed by atoms with Gasteiger partial charge in [0.2, 0.25) is 0 Å². The minimum Gasteiger partial charge on any atom is -0.298 e. The van der Waals surface area contributed by atoms with Crippen LogP contribution in [0.2, 0.25) is 0 Å². The van der Waals surface area contributed by atoms with Gasteiger partial charge in [-0.05, 0) is 38.1 Å². The fraction of sp³-hybridized carbons (Fsp3) is 0.136. The lowest BCUT2D eigenvalue weighted by Gasteiger charge is -2.04. The largest absolute Gasteiger partial charge is 0.298 e. The molecule has 0 bridgehead atoms. The van der Waals surface area contributed by atoms with Gasteiger partial charge >= 0.3 is 0 Å². The molecule has 7 nitrogen and oxygen atoms in total. The Morgan fingerprint density at radius 2 is 2.06 bits per heavy atom. The van der Waals surface area contributed by atoms with Crippen molar-refractivity contribution in [2.24, 2.45) is 0 Å². The van der Waals surface area contributed by atoms with Gasteiger partial charge in [-0.1, -0.05) is 12.1 Å². The van der Waals surface area contributed by atoms with Crippen LogP contribution in [0.25, 0.3) is 22.6 Å². The molecule has 0 aliphatic rings. The molecule has 3 heterocycles. The summed E-state index contributed by atoms with van der Waals surface area (Å²) in [5.41, 5.74) is 2.33. The van der Waals surface area contributed by atoms with E-state index in [9.17, 15) is 9.18 Å². The second-order valence-electron chi connectivity index (χ2n) is 6.98. The van der Waals surface area contributed by atoms with Crippen molar-refractivity contribution in [1.82, 2.24) is 19.7 Å². The number of anilines is 1. The molecular formula is C22H17FN6OS. The van der Waals surface area contributed by atoms with Crippen molar-refractivity contribution in [1.29, 1.82) is 5.26 Å². The van der Waals surface area contributed by atoms with Crippen molar-refractivity contribution >= 4 is 22.4 Å². The third kappa shape index (κ3) is 4.20. The zero-order chi connectivity index (χ0) is 22.0. The number of aromatic nitrogens is 4. The van der Waals surface area contributed by atoms with Crippen LogP contribution in [-0.4, -0.2) is 25.7 Å². The average Bonchev–Trinajstić information content (AvgIpc) is 3.42. The molecule has 0 radical (unpaired) electrons. The highest BCUT2D eigenvalue weighted by Gasteiger charge is 2.22. The first-order valence-corrected chi connectivity index (χ1v) is 10.3. The van der Waals surface area contributed by atoms with Crippen LogP contribution in [0.5, 0.6) is 0 Å². The monoisotopic (exact) mass is 432 g/mol. The van der Waals surface area contributed by atoms with E-state index >= 15 is 0 Å². The molecule has 0 aliphatic carbocycles. The fourth-order valence-electron chi connectivity index (χ4n) is 2.93. The lowest BCUT2D eigenvalue weighted by Crippen LogP contribution is -2.12. The number of halogens is 1. The Hall–Kier alpha value is -3.90. The normalized spacial score (nSPS) is 10.8. The summed E-state index contributed by atoms with van der Waals surface area (Å²) in [6.07, 6.45) is 3.14. The van der Waals surface area contributed by atoms with Crippen LogP contribution in [0.15, 0.2) is 54.2 Å². The van der Waals surface area contributed by atoms with E-state index in [4.69, 9.17) is 5.26 Å². The van der Waals surface area contributed by atoms with Crippen molar-refractivity contribution in [2.45, 2.75) is 19.9 Å². The molecule has 4 aromatic rings. The van der Waals surface area contributed by atoms with Crippen LogP contribution in [0.4, 0.5) is 9.52 Å². The number of carbonyl (C=O) groups is 1. The first-order valence-electron chi connectivity index (χ1n) is 9.43. The molecule has 4 rings (SSSR count). The van der Waals surface area contributed by atoms with Gasteiger partial charge in [0.25, 0.3) is 5.91 Å². The maximum atomic E-state index is 14.4. The van der Waals surface area contributed by atoms with Crippen molar-refractivity contribution in [3.8, 4) is 28.7 Å². The molecule has 0 unspecified atom stereocenters. The molecule has 0 spiro atoms. The van der Waals surface area contributed by atoms with Crippen molar-refractivity contribution < 1.29 is 9.18 Å². The number of nitrogens with zero attached hydrogens (tertiary/aromatic N) is 5. The lowest BCUT2D eigenvalue weighted by molar-refractivity contribution is 0.102. The summed E-state index contributed by atoms with van der Waals surface area (Å²) in [5.74, 6) is -0.893. The van der Waals surface area contributed by atoms with E-state index in [-0.39, 0.29) is 22.9 Å². The van der Waals surface area contributed by atoms with E-state index in [0.29, 0.717) is 22.1 Å². The molecule has 1 N–H and O–H groups in total. The van der Waals surface area contributed by atoms with Crippen LogP contribution < -0.4 is 5.32 Å². The molecule has 31 heavy (non-hydrogen) atoms. The van der Waals surface area contributed by atoms with Crippen LogP contribution in [0.3, 0.4) is 0 Å². The number of nitrogens with one attached hydrogen (secondary N) is 1. The Morgan fingerprint density at radius 3 is 2.81 bits per heavy atom. The van der Waals surface area contributed by atoms with Gasteiger partial charge < -0.3 is 0 Å². The minimum absolute atomic E-state index is 0.00276. The first kappa shape index (κ1) is 20.4. The zero-order valence-electron chi connectivity index (χ0n) is 16.7. The number of amides is 1. The summed E-state index contributed by atoms with van der Waals surface area (Å²) < 4.78 is 16.0. The van der Waals surface area contributed by atoms with Crippen molar-refractivity contribution in [3.63, 3.8) is 0 Å². The number of pyridine rings is 1. The topological polar surface area (TPSA) is 96.5 Å². The van der Waals surface area contributed by atoms with Gasteiger partial charge in [0.15, 0.2) is 5.13 Å². The third-order valence-corrected chi connectivity index (χ3v) is 5.27. The number of rotatable bonds is 5. The molecule has 0 saturated carbocycles. The van der Waals surface area contributed by atoms with Gasteiger partial charge in [-0.2, -0.15) is 10.4 Å². The highest BCUT2D eigenvalue weighted by molar-refractivity contribution is 7.14. The molecule has 3 aromatic heterocycles. The van der Waals surface area contributed by atoms with Crippen LogP contribution in [0, 0.1) is 17.1 Å². The van der Waals surface area contributed by atoms with E-state index in [0.717, 1.165) is 0 Å². The highest BCUT2D eigenvalue weighted by atomic mass is 32.1. The van der Waals surface area contributed by atoms with Gasteiger partial charge in [0.1, 0.15) is 17.2 Å². The van der Waals surface area contributed by atoms with E-state index in [1.54, 1.807) is 46.6 Å². The molecular weight excluding hydrogens is 415 g/mol. The molecule has 0 saturated heterocycles. The number of hydrogen-bond donors (Lipinski definition) is 1. The Bertz CT molecular complexity index is 1300. The van der Waals surface area contributed by atoms with Gasteiger partial charge in [-0.15, -0.1) is 11.3 Å². The van der Waals surface area contributed by atoms with Crippen molar-refractivity contribution in [2.75, 3.05) is 5.32 Å². The molecule has 1 amide bonds. The van der Waals surface area contributed by atoms with E-state index < -0.39 is 11.7 Å². The second-order valence-corrected chi connectivity index (χ2v) is 7.84. The highest BCUT2D eigenvalue weighted by Crippen LogP contribution is 2.28. The predicted molar refractivity (Wildman–Crippen MR) is 116 cm³/mol. The number of benzene rings is 1. The smallest absolute Gasteiger partial charge is 0.261 e. The summed E-state index contributed by atoms with van der Waals surface area (Å²) in [5, 5.41) is 18.4. The zero-order valence-corrected chi connectivity index (χ0v) is 17.5. The summed E-state index contributed by atoms with van der Waals surface area (Å²) >= 11 is 1.23. The third-order valence-electron chi connectivity index (χ3n) is 4.51. The SMILES string of the molecule is CC(C)n1cc(C(=O)Nc2nc(-c3cc(C#N)ccn3)cs2)c(-c2ccccc2F)n1. The molecule has 0 aliphatic heterocycles.